The number of nitrogens with zero attached hydrogens (tertiary/aromatic N) is 3. The second-order valence-electron chi connectivity index (χ2n) is 5.94. The predicted molar refractivity (Wildman–Crippen MR) is 91.5 cm³/mol. The number of pyridine rings is 1. The van der Waals surface area contributed by atoms with Crippen LogP contribution in [0.25, 0.3) is 10.8 Å². The maximum absolute atomic E-state index is 12.7. The number of ether oxygens (including phenoxy) is 1. The number of hydrogen-bond donors (Lipinski definition) is 1. The van der Waals surface area contributed by atoms with Gasteiger partial charge in [-0.2, -0.15) is 5.10 Å². The van der Waals surface area contributed by atoms with E-state index < -0.39 is 0 Å². The maximum Gasteiger partial charge on any atom is 0.275 e. The van der Waals surface area contributed by atoms with Gasteiger partial charge in [0.25, 0.3) is 5.91 Å². The minimum absolute atomic E-state index is 0.253. The maximum atomic E-state index is 12.7. The first kappa shape index (κ1) is 14.7. The third-order valence-electron chi connectivity index (χ3n) is 4.43. The van der Waals surface area contributed by atoms with E-state index in [1.54, 1.807) is 17.9 Å². The van der Waals surface area contributed by atoms with E-state index in [4.69, 9.17) is 4.74 Å². The highest BCUT2D eigenvalue weighted by Gasteiger charge is 2.23. The number of amides is 1. The molecule has 0 fully saturated rings. The number of anilines is 1. The van der Waals surface area contributed by atoms with Gasteiger partial charge < -0.3 is 10.1 Å². The molecular formula is C18H18N4O2. The average Bonchev–Trinajstić information content (AvgIpc) is 3.16. The van der Waals surface area contributed by atoms with Crippen LogP contribution in [0.1, 0.15) is 28.2 Å². The fourth-order valence-corrected chi connectivity index (χ4v) is 3.29. The molecule has 0 radical (unpaired) electrons. The van der Waals surface area contributed by atoms with Gasteiger partial charge >= 0.3 is 0 Å². The van der Waals surface area contributed by atoms with Crippen LogP contribution in [0.15, 0.2) is 30.3 Å². The first-order chi connectivity index (χ1) is 11.7. The molecule has 0 spiro atoms. The Morgan fingerprint density at radius 1 is 1.29 bits per heavy atom. The number of benzene rings is 1. The lowest BCUT2D eigenvalue weighted by atomic mass is 10.1. The minimum Gasteiger partial charge on any atom is -0.481 e. The summed E-state index contributed by atoms with van der Waals surface area (Å²) < 4.78 is 7.08. The second kappa shape index (κ2) is 5.63. The van der Waals surface area contributed by atoms with Gasteiger partial charge in [-0.3, -0.25) is 9.48 Å². The van der Waals surface area contributed by atoms with Crippen molar-refractivity contribution in [1.29, 1.82) is 0 Å². The van der Waals surface area contributed by atoms with E-state index in [0.29, 0.717) is 11.6 Å². The molecule has 6 heteroatoms. The first-order valence-corrected chi connectivity index (χ1v) is 7.97. The van der Waals surface area contributed by atoms with Crippen LogP contribution in [0.2, 0.25) is 0 Å². The van der Waals surface area contributed by atoms with E-state index in [1.165, 1.54) is 0 Å². The smallest absolute Gasteiger partial charge is 0.275 e. The Bertz CT molecular complexity index is 946. The molecule has 0 aliphatic heterocycles. The molecule has 0 unspecified atom stereocenters. The van der Waals surface area contributed by atoms with Gasteiger partial charge in [-0.1, -0.05) is 18.2 Å². The van der Waals surface area contributed by atoms with Gasteiger partial charge in [0.2, 0.25) is 5.88 Å². The van der Waals surface area contributed by atoms with Crippen LogP contribution in [0.5, 0.6) is 5.88 Å². The predicted octanol–water partition coefficient (Wildman–Crippen LogP) is 2.72. The van der Waals surface area contributed by atoms with Crippen LogP contribution in [-0.4, -0.2) is 27.8 Å². The first-order valence-electron chi connectivity index (χ1n) is 7.97. The van der Waals surface area contributed by atoms with E-state index in [-0.39, 0.29) is 5.91 Å². The van der Waals surface area contributed by atoms with Crippen LogP contribution in [0.4, 0.5) is 5.82 Å². The molecule has 1 aliphatic rings. The van der Waals surface area contributed by atoms with Crippen molar-refractivity contribution < 1.29 is 9.53 Å². The van der Waals surface area contributed by atoms with E-state index in [1.807, 2.05) is 31.3 Å². The summed E-state index contributed by atoms with van der Waals surface area (Å²) in [7, 11) is 3.41. The molecule has 3 aromatic rings. The van der Waals surface area contributed by atoms with Gasteiger partial charge in [-0.15, -0.1) is 0 Å². The van der Waals surface area contributed by atoms with Crippen molar-refractivity contribution in [3.8, 4) is 5.88 Å². The number of hydrogen-bond acceptors (Lipinski definition) is 4. The summed E-state index contributed by atoms with van der Waals surface area (Å²) in [5.74, 6) is 0.965. The molecule has 1 amide bonds. The molecule has 1 aliphatic carbocycles. The van der Waals surface area contributed by atoms with E-state index in [2.05, 4.69) is 15.4 Å². The van der Waals surface area contributed by atoms with Gasteiger partial charge in [-0.25, -0.2) is 4.98 Å². The van der Waals surface area contributed by atoms with Crippen LogP contribution in [0.3, 0.4) is 0 Å². The van der Waals surface area contributed by atoms with Crippen LogP contribution >= 0.6 is 0 Å². The van der Waals surface area contributed by atoms with Crippen molar-refractivity contribution in [2.24, 2.45) is 7.05 Å². The number of carbonyl (C=O) groups excluding carboxylic acids is 1. The van der Waals surface area contributed by atoms with Crippen molar-refractivity contribution in [3.63, 3.8) is 0 Å². The largest absolute Gasteiger partial charge is 0.481 e. The molecule has 4 rings (SSSR count). The normalized spacial score (nSPS) is 13.1. The topological polar surface area (TPSA) is 69.0 Å². The van der Waals surface area contributed by atoms with E-state index in [9.17, 15) is 4.79 Å². The molecule has 0 bridgehead atoms. The highest BCUT2D eigenvalue weighted by Crippen LogP contribution is 2.29. The Labute approximate surface area is 139 Å². The zero-order chi connectivity index (χ0) is 16.7. The van der Waals surface area contributed by atoms with Gasteiger partial charge in [0.1, 0.15) is 11.5 Å². The third kappa shape index (κ3) is 2.31. The van der Waals surface area contributed by atoms with Crippen molar-refractivity contribution in [1.82, 2.24) is 14.8 Å². The molecule has 0 saturated heterocycles. The Morgan fingerprint density at radius 3 is 2.96 bits per heavy atom. The van der Waals surface area contributed by atoms with Gasteiger partial charge in [0.15, 0.2) is 0 Å². The summed E-state index contributed by atoms with van der Waals surface area (Å²) in [6, 6.07) is 9.50. The molecule has 2 aromatic heterocycles. The van der Waals surface area contributed by atoms with Crippen molar-refractivity contribution >= 4 is 22.5 Å². The standard InChI is InChI=1S/C18H18N4O2/c1-22-16(13-8-5-9-14(13)21-22)20-17(23)15-10-11-6-3-4-7-12(11)18(19-15)24-2/h3-4,6-7,10H,5,8-9H2,1-2H3,(H,20,23). The molecule has 2 heterocycles. The van der Waals surface area contributed by atoms with Crippen LogP contribution < -0.4 is 10.1 Å². The number of fused-ring (bicyclic) bond motifs is 2. The van der Waals surface area contributed by atoms with Gasteiger partial charge in [-0.05, 0) is 36.8 Å². The zero-order valence-corrected chi connectivity index (χ0v) is 13.7. The fourth-order valence-electron chi connectivity index (χ4n) is 3.29. The summed E-state index contributed by atoms with van der Waals surface area (Å²) >= 11 is 0. The summed E-state index contributed by atoms with van der Waals surface area (Å²) in [5.41, 5.74) is 2.55. The molecule has 1 aromatic carbocycles. The molecule has 1 N–H and O–H groups in total. The Kier molecular flexibility index (Phi) is 3.45. The fraction of sp³-hybridized carbons (Fsp3) is 0.278. The number of nitrogens with one attached hydrogen (secondary N) is 1. The summed E-state index contributed by atoms with van der Waals surface area (Å²) in [5, 5.41) is 9.25. The number of aryl methyl sites for hydroxylation is 2. The lowest BCUT2D eigenvalue weighted by molar-refractivity contribution is 0.102. The monoisotopic (exact) mass is 322 g/mol. The Hall–Kier alpha value is -2.89. The minimum atomic E-state index is -0.253. The second-order valence-corrected chi connectivity index (χ2v) is 5.94. The van der Waals surface area contributed by atoms with Gasteiger partial charge in [0.05, 0.1) is 12.8 Å². The number of methoxy groups -OCH3 is 1. The number of carbonyl (C=O) groups is 1. The van der Waals surface area contributed by atoms with E-state index in [0.717, 1.165) is 47.1 Å². The Morgan fingerprint density at radius 2 is 2.12 bits per heavy atom. The van der Waals surface area contributed by atoms with Crippen molar-refractivity contribution in [2.45, 2.75) is 19.3 Å². The summed E-state index contributed by atoms with van der Waals surface area (Å²) in [4.78, 5) is 17.1. The molecule has 24 heavy (non-hydrogen) atoms. The molecule has 122 valence electrons. The average molecular weight is 322 g/mol. The lowest BCUT2D eigenvalue weighted by Crippen LogP contribution is -2.17. The third-order valence-corrected chi connectivity index (χ3v) is 4.43. The molecular weight excluding hydrogens is 304 g/mol. The highest BCUT2D eigenvalue weighted by molar-refractivity contribution is 6.05. The zero-order valence-electron chi connectivity index (χ0n) is 13.7. The van der Waals surface area contributed by atoms with Crippen molar-refractivity contribution in [3.05, 3.63) is 47.3 Å². The quantitative estimate of drug-likeness (QED) is 0.805. The Balaban J connectivity index is 1.71. The molecule has 6 nitrogen and oxygen atoms in total. The molecule has 0 atom stereocenters. The van der Waals surface area contributed by atoms with Crippen molar-refractivity contribution in [2.75, 3.05) is 12.4 Å². The summed E-state index contributed by atoms with van der Waals surface area (Å²) in [6.07, 6.45) is 3.01. The lowest BCUT2D eigenvalue weighted by Gasteiger charge is -2.10. The van der Waals surface area contributed by atoms with Crippen LogP contribution in [0, 0.1) is 0 Å². The van der Waals surface area contributed by atoms with Gasteiger partial charge in [0, 0.05) is 18.0 Å². The highest BCUT2D eigenvalue weighted by atomic mass is 16.5. The van der Waals surface area contributed by atoms with Crippen LogP contribution in [-0.2, 0) is 19.9 Å². The molecule has 0 saturated carbocycles. The summed E-state index contributed by atoms with van der Waals surface area (Å²) in [6.45, 7) is 0. The SMILES string of the molecule is COc1nc(C(=O)Nc2c3c(nn2C)CCC3)cc2ccccc12. The number of aromatic nitrogens is 3. The number of rotatable bonds is 3. The van der Waals surface area contributed by atoms with E-state index >= 15 is 0 Å².